The standard InChI is InChI=1S/C25H20BrN3O4/c26-17-11-12-18-19(14-28-20(18)13-17)22(30)24(31)29-21(15-7-3-1-4-8-15)23(33-25(27)32)16-9-5-2-6-10-16/h1-14,21,23,28H,(H2,27,32)(H,29,31)/t21-,23-/m1/s1. The number of fused-ring (bicyclic) bond motifs is 1. The van der Waals surface area contributed by atoms with Crippen LogP contribution in [0.15, 0.2) is 89.5 Å². The van der Waals surface area contributed by atoms with Gasteiger partial charge in [-0.15, -0.1) is 0 Å². The van der Waals surface area contributed by atoms with Crippen molar-refractivity contribution in [2.24, 2.45) is 5.73 Å². The molecule has 8 heteroatoms. The van der Waals surface area contributed by atoms with Crippen LogP contribution >= 0.6 is 15.9 Å². The van der Waals surface area contributed by atoms with Crippen molar-refractivity contribution >= 4 is 44.6 Å². The second-order valence-electron chi connectivity index (χ2n) is 7.35. The summed E-state index contributed by atoms with van der Waals surface area (Å²) in [4.78, 5) is 40.9. The van der Waals surface area contributed by atoms with Gasteiger partial charge in [0.2, 0.25) is 0 Å². The zero-order chi connectivity index (χ0) is 23.4. The Bertz CT molecular complexity index is 1310. The van der Waals surface area contributed by atoms with Gasteiger partial charge in [-0.25, -0.2) is 4.79 Å². The lowest BCUT2D eigenvalue weighted by atomic mass is 9.95. The van der Waals surface area contributed by atoms with E-state index in [1.807, 2.05) is 18.2 Å². The lowest BCUT2D eigenvalue weighted by Gasteiger charge is -2.28. The number of amides is 2. The summed E-state index contributed by atoms with van der Waals surface area (Å²) >= 11 is 3.39. The molecule has 2 amide bonds. The molecule has 4 N–H and O–H groups in total. The molecular formula is C25H20BrN3O4. The topological polar surface area (TPSA) is 114 Å². The predicted octanol–water partition coefficient (Wildman–Crippen LogP) is 4.81. The minimum Gasteiger partial charge on any atom is -0.439 e. The van der Waals surface area contributed by atoms with Gasteiger partial charge in [0.15, 0.2) is 6.10 Å². The fourth-order valence-electron chi connectivity index (χ4n) is 3.71. The number of nitrogens with one attached hydrogen (secondary N) is 2. The molecule has 4 rings (SSSR count). The summed E-state index contributed by atoms with van der Waals surface area (Å²) in [5.74, 6) is -1.54. The van der Waals surface area contributed by atoms with Crippen molar-refractivity contribution in [3.8, 4) is 0 Å². The summed E-state index contributed by atoms with van der Waals surface area (Å²) in [6, 6.07) is 22.4. The second-order valence-corrected chi connectivity index (χ2v) is 8.27. The molecule has 0 aliphatic rings. The van der Waals surface area contributed by atoms with E-state index in [2.05, 4.69) is 26.2 Å². The van der Waals surface area contributed by atoms with Crippen LogP contribution in [-0.4, -0.2) is 22.8 Å². The van der Waals surface area contributed by atoms with Crippen LogP contribution in [0.1, 0.15) is 33.6 Å². The third-order valence-corrected chi connectivity index (χ3v) is 5.71. The van der Waals surface area contributed by atoms with Gasteiger partial charge in [-0.05, 0) is 23.3 Å². The molecule has 3 aromatic carbocycles. The Hall–Kier alpha value is -3.91. The molecule has 4 aromatic rings. The Balaban J connectivity index is 1.69. The summed E-state index contributed by atoms with van der Waals surface area (Å²) in [5.41, 5.74) is 7.58. The number of aromatic amines is 1. The maximum Gasteiger partial charge on any atom is 0.405 e. The van der Waals surface area contributed by atoms with Gasteiger partial charge in [0, 0.05) is 21.6 Å². The van der Waals surface area contributed by atoms with Crippen molar-refractivity contribution in [1.82, 2.24) is 10.3 Å². The summed E-state index contributed by atoms with van der Waals surface area (Å²) < 4.78 is 6.26. The number of hydrogen-bond acceptors (Lipinski definition) is 4. The number of ether oxygens (including phenoxy) is 1. The van der Waals surface area contributed by atoms with E-state index < -0.39 is 29.9 Å². The molecule has 0 fully saturated rings. The van der Waals surface area contributed by atoms with E-state index in [9.17, 15) is 14.4 Å². The highest BCUT2D eigenvalue weighted by Crippen LogP contribution is 2.32. The van der Waals surface area contributed by atoms with Gasteiger partial charge in [0.25, 0.3) is 11.7 Å². The molecule has 0 aliphatic carbocycles. The Kier molecular flexibility index (Phi) is 6.55. The Morgan fingerprint density at radius 1 is 0.909 bits per heavy atom. The number of aromatic nitrogens is 1. The molecular weight excluding hydrogens is 486 g/mol. The normalized spacial score (nSPS) is 12.6. The van der Waals surface area contributed by atoms with Gasteiger partial charge >= 0.3 is 6.09 Å². The van der Waals surface area contributed by atoms with Crippen LogP contribution in [0.5, 0.6) is 0 Å². The number of halogens is 1. The number of benzene rings is 3. The van der Waals surface area contributed by atoms with E-state index in [-0.39, 0.29) is 5.56 Å². The summed E-state index contributed by atoms with van der Waals surface area (Å²) in [5, 5.41) is 3.38. The van der Waals surface area contributed by atoms with Crippen LogP contribution < -0.4 is 11.1 Å². The number of carbonyl (C=O) groups is 3. The highest BCUT2D eigenvalue weighted by molar-refractivity contribution is 9.10. The van der Waals surface area contributed by atoms with Crippen LogP contribution in [0.2, 0.25) is 0 Å². The highest BCUT2D eigenvalue weighted by Gasteiger charge is 2.32. The van der Waals surface area contributed by atoms with Crippen LogP contribution in [0.25, 0.3) is 10.9 Å². The molecule has 0 saturated heterocycles. The van der Waals surface area contributed by atoms with Crippen molar-refractivity contribution in [2.75, 3.05) is 0 Å². The molecule has 0 radical (unpaired) electrons. The van der Waals surface area contributed by atoms with Gasteiger partial charge < -0.3 is 20.8 Å². The number of nitrogens with two attached hydrogens (primary N) is 1. The second kappa shape index (κ2) is 9.70. The molecule has 166 valence electrons. The summed E-state index contributed by atoms with van der Waals surface area (Å²) in [6.45, 7) is 0. The SMILES string of the molecule is NC(=O)O[C@H](c1ccccc1)[C@H](NC(=O)C(=O)c1c[nH]c2cc(Br)ccc12)c1ccccc1. The Morgan fingerprint density at radius 2 is 1.55 bits per heavy atom. The lowest BCUT2D eigenvalue weighted by Crippen LogP contribution is -2.39. The van der Waals surface area contributed by atoms with Gasteiger partial charge in [-0.3, -0.25) is 9.59 Å². The maximum absolute atomic E-state index is 13.1. The third-order valence-electron chi connectivity index (χ3n) is 5.21. The first-order valence-electron chi connectivity index (χ1n) is 10.1. The Morgan fingerprint density at radius 3 is 2.18 bits per heavy atom. The third kappa shape index (κ3) is 4.96. The number of hydrogen-bond donors (Lipinski definition) is 3. The molecule has 0 aliphatic heterocycles. The van der Waals surface area contributed by atoms with Crippen molar-refractivity contribution < 1.29 is 19.1 Å². The number of Topliss-reactive ketones (excluding diaryl/α,β-unsaturated/α-hetero) is 1. The molecule has 0 unspecified atom stereocenters. The van der Waals surface area contributed by atoms with E-state index in [0.717, 1.165) is 9.99 Å². The lowest BCUT2D eigenvalue weighted by molar-refractivity contribution is -0.118. The van der Waals surface area contributed by atoms with Crippen LogP contribution in [0, 0.1) is 0 Å². The molecule has 0 spiro atoms. The maximum atomic E-state index is 13.1. The number of H-pyrrole nitrogens is 1. The molecule has 33 heavy (non-hydrogen) atoms. The zero-order valence-electron chi connectivity index (χ0n) is 17.3. The zero-order valence-corrected chi connectivity index (χ0v) is 18.9. The van der Waals surface area contributed by atoms with Crippen LogP contribution in [-0.2, 0) is 9.53 Å². The van der Waals surface area contributed by atoms with Gasteiger partial charge in [0.05, 0.1) is 11.6 Å². The minimum atomic E-state index is -0.993. The van der Waals surface area contributed by atoms with Crippen LogP contribution in [0.4, 0.5) is 4.79 Å². The molecule has 7 nitrogen and oxygen atoms in total. The van der Waals surface area contributed by atoms with E-state index in [1.54, 1.807) is 60.7 Å². The van der Waals surface area contributed by atoms with E-state index in [4.69, 9.17) is 10.5 Å². The number of rotatable bonds is 7. The fraction of sp³-hybridized carbons (Fsp3) is 0.0800. The average molecular weight is 506 g/mol. The molecule has 1 aromatic heterocycles. The quantitative estimate of drug-likeness (QED) is 0.247. The molecule has 0 saturated carbocycles. The van der Waals surface area contributed by atoms with Crippen molar-refractivity contribution in [3.05, 3.63) is 106 Å². The monoisotopic (exact) mass is 505 g/mol. The molecule has 2 atom stereocenters. The Labute approximate surface area is 198 Å². The van der Waals surface area contributed by atoms with Crippen molar-refractivity contribution in [3.63, 3.8) is 0 Å². The van der Waals surface area contributed by atoms with E-state index in [1.165, 1.54) is 6.20 Å². The largest absolute Gasteiger partial charge is 0.439 e. The highest BCUT2D eigenvalue weighted by atomic mass is 79.9. The average Bonchev–Trinajstić information content (AvgIpc) is 3.24. The van der Waals surface area contributed by atoms with Crippen LogP contribution in [0.3, 0.4) is 0 Å². The molecule has 0 bridgehead atoms. The summed E-state index contributed by atoms with van der Waals surface area (Å²) in [6.07, 6.45) is -0.431. The van der Waals surface area contributed by atoms with Crippen molar-refractivity contribution in [2.45, 2.75) is 12.1 Å². The number of carbonyl (C=O) groups excluding carboxylic acids is 3. The van der Waals surface area contributed by atoms with E-state index in [0.29, 0.717) is 16.5 Å². The first-order chi connectivity index (χ1) is 15.9. The number of primary amides is 1. The first-order valence-corrected chi connectivity index (χ1v) is 10.9. The van der Waals surface area contributed by atoms with E-state index >= 15 is 0 Å². The smallest absolute Gasteiger partial charge is 0.405 e. The predicted molar refractivity (Wildman–Crippen MR) is 128 cm³/mol. The van der Waals surface area contributed by atoms with Gasteiger partial charge in [0.1, 0.15) is 0 Å². The summed E-state index contributed by atoms with van der Waals surface area (Å²) in [7, 11) is 0. The van der Waals surface area contributed by atoms with Crippen molar-refractivity contribution in [1.29, 1.82) is 0 Å². The van der Waals surface area contributed by atoms with Gasteiger partial charge in [-0.2, -0.15) is 0 Å². The van der Waals surface area contributed by atoms with Gasteiger partial charge in [-0.1, -0.05) is 82.7 Å². The number of ketones is 1. The molecule has 1 heterocycles. The first kappa shape index (κ1) is 22.3. The fourth-order valence-corrected chi connectivity index (χ4v) is 4.07. The minimum absolute atomic E-state index is 0.244.